The van der Waals surface area contributed by atoms with E-state index in [9.17, 15) is 5.11 Å². The van der Waals surface area contributed by atoms with Crippen LogP contribution in [-0.2, 0) is 5.60 Å². The maximum atomic E-state index is 10.2. The molecule has 0 spiro atoms. The van der Waals surface area contributed by atoms with Crippen molar-refractivity contribution in [3.8, 4) is 12.3 Å². The molecule has 72 valence electrons. The quantitative estimate of drug-likeness (QED) is 0.738. The van der Waals surface area contributed by atoms with E-state index < -0.39 is 5.60 Å². The van der Waals surface area contributed by atoms with Crippen LogP contribution < -0.4 is 0 Å². The number of rotatable bonds is 2. The molecule has 1 aliphatic rings. The van der Waals surface area contributed by atoms with E-state index >= 15 is 0 Å². The van der Waals surface area contributed by atoms with Crippen molar-refractivity contribution in [3.05, 3.63) is 34.9 Å². The zero-order valence-corrected chi connectivity index (χ0v) is 8.46. The van der Waals surface area contributed by atoms with E-state index in [0.717, 1.165) is 18.4 Å². The van der Waals surface area contributed by atoms with Gasteiger partial charge in [0.15, 0.2) is 5.60 Å². The minimum atomic E-state index is -1.09. The minimum Gasteiger partial charge on any atom is -0.373 e. The van der Waals surface area contributed by atoms with Crippen molar-refractivity contribution in [1.82, 2.24) is 0 Å². The third-order valence-corrected chi connectivity index (χ3v) is 2.92. The lowest BCUT2D eigenvalue weighted by atomic mass is 9.90. The van der Waals surface area contributed by atoms with Crippen molar-refractivity contribution >= 4 is 11.6 Å². The highest BCUT2D eigenvalue weighted by molar-refractivity contribution is 6.30. The maximum Gasteiger partial charge on any atom is 0.153 e. The van der Waals surface area contributed by atoms with Gasteiger partial charge < -0.3 is 5.11 Å². The number of aliphatic hydroxyl groups is 1. The molecule has 1 N–H and O–H groups in total. The summed E-state index contributed by atoms with van der Waals surface area (Å²) in [5.74, 6) is 2.70. The molecule has 1 aromatic rings. The molecule has 0 saturated heterocycles. The van der Waals surface area contributed by atoms with Crippen LogP contribution in [-0.4, -0.2) is 5.11 Å². The monoisotopic (exact) mass is 206 g/mol. The van der Waals surface area contributed by atoms with Crippen LogP contribution in [0.5, 0.6) is 0 Å². The SMILES string of the molecule is C#CC(O)(c1ccc(Cl)cc1)C1CC1. The highest BCUT2D eigenvalue weighted by Gasteiger charge is 2.43. The second kappa shape index (κ2) is 3.31. The average Bonchev–Trinajstić information content (AvgIpc) is 3.01. The molecule has 0 aliphatic heterocycles. The smallest absolute Gasteiger partial charge is 0.153 e. The highest BCUT2D eigenvalue weighted by atomic mass is 35.5. The summed E-state index contributed by atoms with van der Waals surface area (Å²) in [6.45, 7) is 0. The van der Waals surface area contributed by atoms with Gasteiger partial charge in [0.1, 0.15) is 0 Å². The van der Waals surface area contributed by atoms with Crippen molar-refractivity contribution in [2.24, 2.45) is 5.92 Å². The van der Waals surface area contributed by atoms with Gasteiger partial charge in [0.25, 0.3) is 0 Å². The van der Waals surface area contributed by atoms with Gasteiger partial charge in [-0.15, -0.1) is 6.42 Å². The van der Waals surface area contributed by atoms with E-state index in [1.54, 1.807) is 24.3 Å². The van der Waals surface area contributed by atoms with Gasteiger partial charge in [0.2, 0.25) is 0 Å². The van der Waals surface area contributed by atoms with E-state index in [-0.39, 0.29) is 5.92 Å². The largest absolute Gasteiger partial charge is 0.373 e. The van der Waals surface area contributed by atoms with Gasteiger partial charge in [-0.25, -0.2) is 0 Å². The van der Waals surface area contributed by atoms with E-state index in [2.05, 4.69) is 5.92 Å². The zero-order chi connectivity index (χ0) is 10.2. The van der Waals surface area contributed by atoms with Crippen LogP contribution >= 0.6 is 11.6 Å². The summed E-state index contributed by atoms with van der Waals surface area (Å²) in [5, 5.41) is 10.9. The predicted octanol–water partition coefficient (Wildman–Crippen LogP) is 2.57. The summed E-state index contributed by atoms with van der Waals surface area (Å²) in [4.78, 5) is 0. The normalized spacial score (nSPS) is 19.8. The van der Waals surface area contributed by atoms with Gasteiger partial charge in [0, 0.05) is 10.9 Å². The molecule has 1 fully saturated rings. The molecule has 14 heavy (non-hydrogen) atoms. The van der Waals surface area contributed by atoms with Gasteiger partial charge in [-0.3, -0.25) is 0 Å². The minimum absolute atomic E-state index is 0.216. The number of benzene rings is 1. The lowest BCUT2D eigenvalue weighted by molar-refractivity contribution is 0.0759. The molecule has 1 atom stereocenters. The van der Waals surface area contributed by atoms with Crippen LogP contribution in [0, 0.1) is 18.3 Å². The fraction of sp³-hybridized carbons (Fsp3) is 0.333. The van der Waals surface area contributed by atoms with Crippen LogP contribution in [0.25, 0.3) is 0 Å². The van der Waals surface area contributed by atoms with Gasteiger partial charge >= 0.3 is 0 Å². The number of hydrogen-bond acceptors (Lipinski definition) is 1. The van der Waals surface area contributed by atoms with Gasteiger partial charge in [0.05, 0.1) is 0 Å². The topological polar surface area (TPSA) is 20.2 Å². The van der Waals surface area contributed by atoms with Crippen molar-refractivity contribution in [1.29, 1.82) is 0 Å². The standard InChI is InChI=1S/C12H11ClO/c1-2-12(14,9-3-4-9)10-5-7-11(13)8-6-10/h1,5-9,14H,3-4H2. The van der Waals surface area contributed by atoms with Crippen molar-refractivity contribution in [3.63, 3.8) is 0 Å². The Morgan fingerprint density at radius 3 is 2.36 bits per heavy atom. The third kappa shape index (κ3) is 1.52. The molecule has 1 saturated carbocycles. The molecular weight excluding hydrogens is 196 g/mol. The molecular formula is C12H11ClO. The predicted molar refractivity (Wildman–Crippen MR) is 56.9 cm³/mol. The Kier molecular flexibility index (Phi) is 2.26. The molecule has 0 aromatic heterocycles. The fourth-order valence-electron chi connectivity index (χ4n) is 1.64. The fourth-order valence-corrected chi connectivity index (χ4v) is 1.77. The first-order chi connectivity index (χ1) is 6.66. The molecule has 1 unspecified atom stereocenters. The zero-order valence-electron chi connectivity index (χ0n) is 7.70. The van der Waals surface area contributed by atoms with E-state index in [4.69, 9.17) is 18.0 Å². The first-order valence-electron chi connectivity index (χ1n) is 4.63. The molecule has 0 bridgehead atoms. The second-order valence-corrected chi connectivity index (χ2v) is 4.13. The Morgan fingerprint density at radius 2 is 1.93 bits per heavy atom. The molecule has 0 radical (unpaired) electrons. The molecule has 2 rings (SSSR count). The Labute approximate surface area is 88.7 Å². The number of halogens is 1. The molecule has 1 aromatic carbocycles. The van der Waals surface area contributed by atoms with Crippen LogP contribution in [0.2, 0.25) is 5.02 Å². The Balaban J connectivity index is 2.37. The lowest BCUT2D eigenvalue weighted by Crippen LogP contribution is -2.25. The second-order valence-electron chi connectivity index (χ2n) is 3.69. The first kappa shape index (κ1) is 9.58. The summed E-state index contributed by atoms with van der Waals surface area (Å²) in [5.41, 5.74) is -0.322. The van der Waals surface area contributed by atoms with Crippen LogP contribution in [0.3, 0.4) is 0 Å². The average molecular weight is 207 g/mol. The molecule has 1 nitrogen and oxygen atoms in total. The molecule has 0 amide bonds. The lowest BCUT2D eigenvalue weighted by Gasteiger charge is -2.22. The van der Waals surface area contributed by atoms with Crippen LogP contribution in [0.4, 0.5) is 0 Å². The van der Waals surface area contributed by atoms with E-state index in [0.29, 0.717) is 5.02 Å². The molecule has 1 aliphatic carbocycles. The summed E-state index contributed by atoms with van der Waals surface area (Å²) in [6, 6.07) is 7.09. The summed E-state index contributed by atoms with van der Waals surface area (Å²) in [6.07, 6.45) is 7.39. The van der Waals surface area contributed by atoms with Gasteiger partial charge in [-0.1, -0.05) is 29.7 Å². The summed E-state index contributed by atoms with van der Waals surface area (Å²) >= 11 is 5.77. The Hall–Kier alpha value is -0.970. The summed E-state index contributed by atoms with van der Waals surface area (Å²) in [7, 11) is 0. The van der Waals surface area contributed by atoms with E-state index in [1.165, 1.54) is 0 Å². The van der Waals surface area contributed by atoms with Gasteiger partial charge in [-0.05, 0) is 30.5 Å². The highest BCUT2D eigenvalue weighted by Crippen LogP contribution is 2.45. The number of hydrogen-bond donors (Lipinski definition) is 1. The maximum absolute atomic E-state index is 10.2. The number of terminal acetylenes is 1. The van der Waals surface area contributed by atoms with Gasteiger partial charge in [-0.2, -0.15) is 0 Å². The van der Waals surface area contributed by atoms with Crippen molar-refractivity contribution in [2.45, 2.75) is 18.4 Å². The van der Waals surface area contributed by atoms with Crippen LogP contribution in [0.1, 0.15) is 18.4 Å². The third-order valence-electron chi connectivity index (χ3n) is 2.67. The Bertz CT molecular complexity index is 372. The van der Waals surface area contributed by atoms with Crippen molar-refractivity contribution < 1.29 is 5.11 Å². The van der Waals surface area contributed by atoms with Crippen molar-refractivity contribution in [2.75, 3.05) is 0 Å². The summed E-state index contributed by atoms with van der Waals surface area (Å²) < 4.78 is 0. The molecule has 0 heterocycles. The first-order valence-corrected chi connectivity index (χ1v) is 5.01. The Morgan fingerprint density at radius 1 is 1.36 bits per heavy atom. The molecule has 2 heteroatoms. The van der Waals surface area contributed by atoms with E-state index in [1.807, 2.05) is 0 Å². The van der Waals surface area contributed by atoms with Crippen LogP contribution in [0.15, 0.2) is 24.3 Å².